The minimum atomic E-state index is -0.481. The summed E-state index contributed by atoms with van der Waals surface area (Å²) in [6.45, 7) is 4.73. The van der Waals surface area contributed by atoms with Crippen LogP contribution in [0.5, 0.6) is 0 Å². The largest absolute Gasteiger partial charge is 0.455 e. The first-order valence-electron chi connectivity index (χ1n) is 23.3. The van der Waals surface area contributed by atoms with Gasteiger partial charge in [0, 0.05) is 43.8 Å². The monoisotopic (exact) mass is 855 g/mol. The highest BCUT2D eigenvalue weighted by Crippen LogP contribution is 2.65. The summed E-state index contributed by atoms with van der Waals surface area (Å²) in [6, 6.07) is 78.0. The predicted molar refractivity (Wildman–Crippen MR) is 275 cm³/mol. The standard InChI is InChI=1S/C64H41NO2/c1-63(2)50-26-10-6-19-41(50)44-34-33-39(35-55(44)63)65(56-31-16-30-54-60(56)47-22-9-13-29-53(47)64(54)51-27-11-7-20-42(51)43-21-8-12-28-52(43)64)57-32-15-25-46-49-37-58-48(36-59(49)67-62(46)57)45-24-14-23-40(61(45)66-58)38-17-4-3-5-18-38/h3-37H,1-2H3. The smallest absolute Gasteiger partial charge is 0.159 e. The number of nitrogens with zero attached hydrogens (tertiary/aromatic N) is 1. The summed E-state index contributed by atoms with van der Waals surface area (Å²) in [4.78, 5) is 2.48. The number of rotatable bonds is 4. The maximum atomic E-state index is 7.22. The van der Waals surface area contributed by atoms with Crippen molar-refractivity contribution in [3.05, 3.63) is 246 Å². The first kappa shape index (κ1) is 36.9. The lowest BCUT2D eigenvalue weighted by Crippen LogP contribution is -2.26. The number of hydrogen-bond donors (Lipinski definition) is 0. The highest BCUT2D eigenvalue weighted by molar-refractivity contribution is 6.18. The normalized spacial score (nSPS) is 14.4. The van der Waals surface area contributed by atoms with Crippen molar-refractivity contribution in [2.75, 3.05) is 4.90 Å². The Morgan fingerprint density at radius 2 is 0.836 bits per heavy atom. The van der Waals surface area contributed by atoms with E-state index in [1.165, 1.54) is 66.8 Å². The number of anilines is 3. The van der Waals surface area contributed by atoms with Crippen LogP contribution in [0, 0.1) is 0 Å². The van der Waals surface area contributed by atoms with Gasteiger partial charge in [-0.2, -0.15) is 0 Å². The predicted octanol–water partition coefficient (Wildman–Crippen LogP) is 17.3. The Kier molecular flexibility index (Phi) is 7.22. The van der Waals surface area contributed by atoms with Gasteiger partial charge in [0.05, 0.1) is 16.8 Å². The van der Waals surface area contributed by atoms with Crippen molar-refractivity contribution in [3.63, 3.8) is 0 Å². The average Bonchev–Trinajstić information content (AvgIpc) is 4.15. The van der Waals surface area contributed by atoms with Crippen molar-refractivity contribution in [3.8, 4) is 44.5 Å². The van der Waals surface area contributed by atoms with Crippen molar-refractivity contribution >= 4 is 60.9 Å². The third-order valence-corrected chi connectivity index (χ3v) is 15.5. The van der Waals surface area contributed by atoms with Gasteiger partial charge >= 0.3 is 0 Å². The van der Waals surface area contributed by atoms with Crippen molar-refractivity contribution < 1.29 is 8.83 Å². The van der Waals surface area contributed by atoms with Crippen LogP contribution in [0.1, 0.15) is 47.2 Å². The molecule has 2 heterocycles. The highest BCUT2D eigenvalue weighted by atomic mass is 16.3. The summed E-state index contributed by atoms with van der Waals surface area (Å²) < 4.78 is 14.0. The molecule has 0 amide bonds. The lowest BCUT2D eigenvalue weighted by atomic mass is 9.70. The van der Waals surface area contributed by atoms with E-state index in [4.69, 9.17) is 8.83 Å². The first-order chi connectivity index (χ1) is 33.0. The van der Waals surface area contributed by atoms with Crippen LogP contribution in [0.3, 0.4) is 0 Å². The molecular weight excluding hydrogens is 815 g/mol. The van der Waals surface area contributed by atoms with Gasteiger partial charge in [0.15, 0.2) is 5.58 Å². The van der Waals surface area contributed by atoms with E-state index >= 15 is 0 Å². The quantitative estimate of drug-likeness (QED) is 0.177. The lowest BCUT2D eigenvalue weighted by molar-refractivity contribution is 0.660. The van der Waals surface area contributed by atoms with Gasteiger partial charge in [-0.25, -0.2) is 0 Å². The number of para-hydroxylation sites is 2. The Bertz CT molecular complexity index is 4040. The van der Waals surface area contributed by atoms with Crippen LogP contribution < -0.4 is 4.90 Å². The lowest BCUT2D eigenvalue weighted by Gasteiger charge is -2.32. The van der Waals surface area contributed by atoms with Gasteiger partial charge in [-0.1, -0.05) is 190 Å². The molecule has 0 saturated heterocycles. The van der Waals surface area contributed by atoms with E-state index in [2.05, 4.69) is 231 Å². The topological polar surface area (TPSA) is 29.5 Å². The minimum absolute atomic E-state index is 0.192. The molecule has 314 valence electrons. The van der Waals surface area contributed by atoms with E-state index in [-0.39, 0.29) is 5.41 Å². The second-order valence-corrected chi connectivity index (χ2v) is 19.1. The van der Waals surface area contributed by atoms with Crippen LogP contribution in [-0.2, 0) is 10.8 Å². The highest BCUT2D eigenvalue weighted by Gasteiger charge is 2.52. The first-order valence-corrected chi connectivity index (χ1v) is 23.3. The van der Waals surface area contributed by atoms with Gasteiger partial charge in [-0.3, -0.25) is 0 Å². The minimum Gasteiger partial charge on any atom is -0.455 e. The zero-order valence-electron chi connectivity index (χ0n) is 37.0. The van der Waals surface area contributed by atoms with Gasteiger partial charge in [0.2, 0.25) is 0 Å². The third-order valence-electron chi connectivity index (χ3n) is 15.5. The van der Waals surface area contributed by atoms with E-state index in [0.29, 0.717) is 0 Å². The number of furan rings is 2. The molecule has 0 N–H and O–H groups in total. The fourth-order valence-electron chi connectivity index (χ4n) is 12.6. The number of fused-ring (bicyclic) bond motifs is 19. The van der Waals surface area contributed by atoms with Crippen LogP contribution in [0.25, 0.3) is 88.4 Å². The van der Waals surface area contributed by atoms with Crippen molar-refractivity contribution in [1.29, 1.82) is 0 Å². The summed E-state index contributed by atoms with van der Waals surface area (Å²) in [7, 11) is 0. The molecule has 0 bridgehead atoms. The molecule has 0 unspecified atom stereocenters. The molecular formula is C64H41NO2. The van der Waals surface area contributed by atoms with E-state index in [9.17, 15) is 0 Å². The van der Waals surface area contributed by atoms with E-state index in [0.717, 1.165) is 72.1 Å². The Labute approximate surface area is 387 Å². The maximum absolute atomic E-state index is 7.22. The summed E-state index contributed by atoms with van der Waals surface area (Å²) in [5.41, 5.74) is 23.7. The molecule has 0 aliphatic heterocycles. The Hall–Kier alpha value is -8.40. The maximum Gasteiger partial charge on any atom is 0.159 e. The van der Waals surface area contributed by atoms with Crippen LogP contribution in [0.15, 0.2) is 221 Å². The van der Waals surface area contributed by atoms with Crippen LogP contribution in [-0.4, -0.2) is 0 Å². The molecule has 1 spiro atoms. The molecule has 67 heavy (non-hydrogen) atoms. The fourth-order valence-corrected chi connectivity index (χ4v) is 12.6. The molecule has 0 atom stereocenters. The van der Waals surface area contributed by atoms with Crippen molar-refractivity contribution in [1.82, 2.24) is 0 Å². The number of hydrogen-bond acceptors (Lipinski definition) is 3. The SMILES string of the molecule is CC1(C)c2ccccc2-c2ccc(N(c3cccc4c3-c3ccccc3C43c4ccccc4-c4ccccc43)c3cccc4c3oc3cc5c(cc34)oc3c(-c4ccccc4)cccc35)cc21. The van der Waals surface area contributed by atoms with Crippen LogP contribution in [0.2, 0.25) is 0 Å². The summed E-state index contributed by atoms with van der Waals surface area (Å²) in [5.74, 6) is 0. The van der Waals surface area contributed by atoms with Crippen LogP contribution >= 0.6 is 0 Å². The molecule has 0 fully saturated rings. The zero-order chi connectivity index (χ0) is 44.2. The molecule has 3 aliphatic carbocycles. The van der Waals surface area contributed by atoms with Crippen molar-refractivity contribution in [2.24, 2.45) is 0 Å². The molecule has 15 rings (SSSR count). The van der Waals surface area contributed by atoms with Crippen molar-refractivity contribution in [2.45, 2.75) is 24.7 Å². The summed E-state index contributed by atoms with van der Waals surface area (Å²) in [5, 5.41) is 4.18. The van der Waals surface area contributed by atoms with Gasteiger partial charge in [0.25, 0.3) is 0 Å². The van der Waals surface area contributed by atoms with E-state index in [1.54, 1.807) is 0 Å². The van der Waals surface area contributed by atoms with E-state index < -0.39 is 5.41 Å². The van der Waals surface area contributed by atoms with Gasteiger partial charge in [0.1, 0.15) is 16.7 Å². The summed E-state index contributed by atoms with van der Waals surface area (Å²) in [6.07, 6.45) is 0. The molecule has 0 radical (unpaired) electrons. The molecule has 2 aromatic heterocycles. The molecule has 3 nitrogen and oxygen atoms in total. The zero-order valence-corrected chi connectivity index (χ0v) is 37.0. The Balaban J connectivity index is 1.01. The number of benzene rings is 10. The second-order valence-electron chi connectivity index (χ2n) is 19.1. The fraction of sp³-hybridized carbons (Fsp3) is 0.0625. The Morgan fingerprint density at radius 1 is 0.343 bits per heavy atom. The van der Waals surface area contributed by atoms with Gasteiger partial charge in [-0.15, -0.1) is 0 Å². The Morgan fingerprint density at radius 3 is 1.54 bits per heavy atom. The molecule has 10 aromatic carbocycles. The van der Waals surface area contributed by atoms with Crippen LogP contribution in [0.4, 0.5) is 17.1 Å². The van der Waals surface area contributed by atoms with E-state index in [1.807, 2.05) is 0 Å². The molecule has 0 saturated carbocycles. The second kappa shape index (κ2) is 13.1. The summed E-state index contributed by atoms with van der Waals surface area (Å²) >= 11 is 0. The molecule has 12 aromatic rings. The average molecular weight is 856 g/mol. The van der Waals surface area contributed by atoms with Gasteiger partial charge in [-0.05, 0) is 103 Å². The van der Waals surface area contributed by atoms with Gasteiger partial charge < -0.3 is 13.7 Å². The molecule has 3 heteroatoms. The molecule has 3 aliphatic rings. The third kappa shape index (κ3) is 4.70.